The molecule has 0 saturated carbocycles. The summed E-state index contributed by atoms with van der Waals surface area (Å²) in [7, 11) is -3.54. The van der Waals surface area contributed by atoms with E-state index in [4.69, 9.17) is 5.84 Å². The third-order valence-corrected chi connectivity index (χ3v) is 4.34. The summed E-state index contributed by atoms with van der Waals surface area (Å²) < 4.78 is 26.8. The van der Waals surface area contributed by atoms with E-state index in [2.05, 4.69) is 15.1 Å². The van der Waals surface area contributed by atoms with Gasteiger partial charge in [-0.25, -0.2) is 13.1 Å². The highest BCUT2D eigenvalue weighted by Crippen LogP contribution is 2.14. The van der Waals surface area contributed by atoms with E-state index < -0.39 is 10.0 Å². The first-order chi connectivity index (χ1) is 9.53. The van der Waals surface area contributed by atoms with Gasteiger partial charge in [-0.15, -0.1) is 0 Å². The molecule has 4 N–H and O–H groups in total. The fourth-order valence-electron chi connectivity index (χ4n) is 1.69. The van der Waals surface area contributed by atoms with Crippen molar-refractivity contribution in [2.45, 2.75) is 18.4 Å². The fourth-order valence-corrected chi connectivity index (χ4v) is 2.69. The number of anilines is 1. The van der Waals surface area contributed by atoms with Crippen molar-refractivity contribution < 1.29 is 8.42 Å². The van der Waals surface area contributed by atoms with Crippen molar-refractivity contribution in [3.8, 4) is 0 Å². The molecule has 7 heteroatoms. The van der Waals surface area contributed by atoms with Gasteiger partial charge >= 0.3 is 0 Å². The van der Waals surface area contributed by atoms with Crippen LogP contribution >= 0.6 is 0 Å². The molecular formula is C13H16N4O2S. The molecule has 1 heterocycles. The zero-order chi connectivity index (χ0) is 14.6. The first kappa shape index (κ1) is 14.4. The van der Waals surface area contributed by atoms with Crippen LogP contribution in [0.3, 0.4) is 0 Å². The molecule has 0 amide bonds. The number of nitrogens with zero attached hydrogens (tertiary/aromatic N) is 1. The third-order valence-electron chi connectivity index (χ3n) is 2.92. The first-order valence-electron chi connectivity index (χ1n) is 5.99. The molecule has 106 valence electrons. The van der Waals surface area contributed by atoms with Crippen LogP contribution < -0.4 is 16.0 Å². The van der Waals surface area contributed by atoms with E-state index in [9.17, 15) is 8.42 Å². The molecule has 2 rings (SSSR count). The van der Waals surface area contributed by atoms with E-state index in [1.165, 1.54) is 12.1 Å². The van der Waals surface area contributed by atoms with Gasteiger partial charge in [-0.1, -0.05) is 0 Å². The van der Waals surface area contributed by atoms with E-state index in [1.54, 1.807) is 30.6 Å². The van der Waals surface area contributed by atoms with Gasteiger partial charge in [-0.2, -0.15) is 0 Å². The van der Waals surface area contributed by atoms with E-state index in [0.717, 1.165) is 11.1 Å². The van der Waals surface area contributed by atoms with Crippen molar-refractivity contribution in [3.05, 3.63) is 53.9 Å². The minimum absolute atomic E-state index is 0.197. The fraction of sp³-hybridized carbons (Fsp3) is 0.154. The normalized spacial score (nSPS) is 11.3. The van der Waals surface area contributed by atoms with Crippen LogP contribution in [0.15, 0.2) is 47.6 Å². The summed E-state index contributed by atoms with van der Waals surface area (Å²) in [5.74, 6) is 5.24. The van der Waals surface area contributed by atoms with Gasteiger partial charge in [0, 0.05) is 24.6 Å². The summed E-state index contributed by atoms with van der Waals surface area (Å²) in [4.78, 5) is 4.17. The Morgan fingerprint density at radius 2 is 1.90 bits per heavy atom. The summed E-state index contributed by atoms with van der Waals surface area (Å²) in [5.41, 5.74) is 4.93. The van der Waals surface area contributed by atoms with Crippen molar-refractivity contribution in [2.24, 2.45) is 5.84 Å². The summed E-state index contributed by atoms with van der Waals surface area (Å²) >= 11 is 0. The van der Waals surface area contributed by atoms with Gasteiger partial charge in [0.1, 0.15) is 0 Å². The van der Waals surface area contributed by atoms with E-state index in [1.807, 2.05) is 6.92 Å². The lowest BCUT2D eigenvalue weighted by Gasteiger charge is -2.09. The number of sulfonamides is 1. The largest absolute Gasteiger partial charge is 0.324 e. The SMILES string of the molecule is Cc1cnccc1CNS(=O)(=O)c1ccc(NN)cc1. The van der Waals surface area contributed by atoms with Crippen LogP contribution in [0.25, 0.3) is 0 Å². The Bertz CT molecular complexity index is 684. The van der Waals surface area contributed by atoms with Crippen molar-refractivity contribution in [2.75, 3.05) is 5.43 Å². The van der Waals surface area contributed by atoms with Gasteiger partial charge in [-0.05, 0) is 48.4 Å². The Kier molecular flexibility index (Phi) is 4.33. The number of rotatable bonds is 5. The van der Waals surface area contributed by atoms with Gasteiger partial charge in [0.05, 0.1) is 4.90 Å². The van der Waals surface area contributed by atoms with Gasteiger partial charge < -0.3 is 5.43 Å². The van der Waals surface area contributed by atoms with Crippen molar-refractivity contribution in [1.82, 2.24) is 9.71 Å². The molecule has 0 aliphatic rings. The number of hydrazine groups is 1. The number of pyridine rings is 1. The van der Waals surface area contributed by atoms with Crippen molar-refractivity contribution in [1.29, 1.82) is 0 Å². The molecule has 0 atom stereocenters. The Hall–Kier alpha value is -1.96. The molecule has 0 bridgehead atoms. The molecule has 0 aliphatic carbocycles. The van der Waals surface area contributed by atoms with E-state index >= 15 is 0 Å². The summed E-state index contributed by atoms with van der Waals surface area (Å²) in [5, 5.41) is 0. The number of aromatic nitrogens is 1. The molecule has 6 nitrogen and oxygen atoms in total. The smallest absolute Gasteiger partial charge is 0.240 e. The van der Waals surface area contributed by atoms with Gasteiger partial charge in [0.15, 0.2) is 0 Å². The van der Waals surface area contributed by atoms with Gasteiger partial charge in [0.2, 0.25) is 10.0 Å². The van der Waals surface area contributed by atoms with Gasteiger partial charge in [-0.3, -0.25) is 10.8 Å². The molecule has 0 saturated heterocycles. The lowest BCUT2D eigenvalue weighted by Crippen LogP contribution is -2.23. The van der Waals surface area contributed by atoms with Crippen molar-refractivity contribution in [3.63, 3.8) is 0 Å². The maximum atomic E-state index is 12.1. The predicted octanol–water partition coefficient (Wildman–Crippen LogP) is 1.15. The number of hydrogen-bond acceptors (Lipinski definition) is 5. The van der Waals surface area contributed by atoms with E-state index in [0.29, 0.717) is 5.69 Å². The average Bonchev–Trinajstić information content (AvgIpc) is 2.46. The molecule has 2 aromatic rings. The van der Waals surface area contributed by atoms with Gasteiger partial charge in [0.25, 0.3) is 0 Å². The standard InChI is InChI=1S/C13H16N4O2S/c1-10-8-15-7-6-11(10)9-16-20(18,19)13-4-2-12(17-14)3-5-13/h2-8,16-17H,9,14H2,1H3. The topological polar surface area (TPSA) is 97.1 Å². The maximum absolute atomic E-state index is 12.1. The second-order valence-corrected chi connectivity index (χ2v) is 6.06. The van der Waals surface area contributed by atoms with Crippen LogP contribution in [0.2, 0.25) is 0 Å². The second kappa shape index (κ2) is 6.00. The zero-order valence-corrected chi connectivity index (χ0v) is 11.8. The highest BCUT2D eigenvalue weighted by Gasteiger charge is 2.13. The number of hydrogen-bond donors (Lipinski definition) is 3. The minimum atomic E-state index is -3.54. The Labute approximate surface area is 118 Å². The Balaban J connectivity index is 2.13. The molecule has 0 unspecified atom stereocenters. The number of aryl methyl sites for hydroxylation is 1. The Morgan fingerprint density at radius 1 is 1.20 bits per heavy atom. The molecule has 0 aliphatic heterocycles. The highest BCUT2D eigenvalue weighted by molar-refractivity contribution is 7.89. The predicted molar refractivity (Wildman–Crippen MR) is 77.3 cm³/mol. The first-order valence-corrected chi connectivity index (χ1v) is 7.47. The summed E-state index contributed by atoms with van der Waals surface area (Å²) in [6.07, 6.45) is 3.34. The van der Waals surface area contributed by atoms with Crippen LogP contribution in [-0.2, 0) is 16.6 Å². The molecule has 0 spiro atoms. The molecule has 0 fully saturated rings. The quantitative estimate of drug-likeness (QED) is 0.567. The monoisotopic (exact) mass is 292 g/mol. The molecule has 20 heavy (non-hydrogen) atoms. The number of nitrogen functional groups attached to an aromatic ring is 1. The minimum Gasteiger partial charge on any atom is -0.324 e. The lowest BCUT2D eigenvalue weighted by atomic mass is 10.2. The summed E-state index contributed by atoms with van der Waals surface area (Å²) in [6, 6.07) is 7.99. The zero-order valence-electron chi connectivity index (χ0n) is 11.0. The summed E-state index contributed by atoms with van der Waals surface area (Å²) in [6.45, 7) is 2.12. The molecule has 1 aromatic carbocycles. The maximum Gasteiger partial charge on any atom is 0.240 e. The molecular weight excluding hydrogens is 276 g/mol. The molecule has 0 radical (unpaired) electrons. The van der Waals surface area contributed by atoms with Crippen LogP contribution in [-0.4, -0.2) is 13.4 Å². The number of nitrogens with one attached hydrogen (secondary N) is 2. The highest BCUT2D eigenvalue weighted by atomic mass is 32.2. The van der Waals surface area contributed by atoms with Crippen LogP contribution in [0, 0.1) is 6.92 Å². The lowest BCUT2D eigenvalue weighted by molar-refractivity contribution is 0.581. The Morgan fingerprint density at radius 3 is 2.50 bits per heavy atom. The van der Waals surface area contributed by atoms with Crippen LogP contribution in [0.4, 0.5) is 5.69 Å². The van der Waals surface area contributed by atoms with Crippen LogP contribution in [0.1, 0.15) is 11.1 Å². The third kappa shape index (κ3) is 3.32. The van der Waals surface area contributed by atoms with Crippen LogP contribution in [0.5, 0.6) is 0 Å². The van der Waals surface area contributed by atoms with Crippen molar-refractivity contribution >= 4 is 15.7 Å². The van der Waals surface area contributed by atoms with E-state index in [-0.39, 0.29) is 11.4 Å². The number of benzene rings is 1. The average molecular weight is 292 g/mol. The second-order valence-electron chi connectivity index (χ2n) is 4.30. The number of nitrogens with two attached hydrogens (primary N) is 1. The molecule has 1 aromatic heterocycles.